The number of hydrogen-bond acceptors (Lipinski definition) is 2. The summed E-state index contributed by atoms with van der Waals surface area (Å²) in [6.07, 6.45) is 14.3. The van der Waals surface area contributed by atoms with Gasteiger partial charge in [0, 0.05) is 6.04 Å². The molecule has 0 heterocycles. The molecule has 0 aliphatic heterocycles. The summed E-state index contributed by atoms with van der Waals surface area (Å²) in [5, 5.41) is 0. The van der Waals surface area contributed by atoms with Crippen LogP contribution in [0.3, 0.4) is 0 Å². The summed E-state index contributed by atoms with van der Waals surface area (Å²) in [5.41, 5.74) is 11.3. The van der Waals surface area contributed by atoms with Crippen LogP contribution in [0.4, 0.5) is 0 Å². The van der Waals surface area contributed by atoms with E-state index in [1.165, 1.54) is 0 Å². The molecule has 16 heavy (non-hydrogen) atoms. The third-order valence-corrected chi connectivity index (χ3v) is 2.69. The number of rotatable bonds is 9. The standard InChI is InChI=1S/C14H28N2/c1-13(2)14(16)11-9-7-5-3-4-6-8-10-12-15/h5-8,13-14H,3-4,9-12,15-16H2,1-2H3. The maximum absolute atomic E-state index is 5.96. The Kier molecular flexibility index (Phi) is 10.5. The Hall–Kier alpha value is -0.600. The van der Waals surface area contributed by atoms with Crippen molar-refractivity contribution in [2.75, 3.05) is 6.54 Å². The molecule has 0 rings (SSSR count). The van der Waals surface area contributed by atoms with E-state index in [1.807, 2.05) is 0 Å². The molecular weight excluding hydrogens is 196 g/mol. The minimum absolute atomic E-state index is 0.342. The summed E-state index contributed by atoms with van der Waals surface area (Å²) in [4.78, 5) is 0. The first-order chi connectivity index (χ1) is 7.68. The highest BCUT2D eigenvalue weighted by atomic mass is 14.6. The minimum Gasteiger partial charge on any atom is -0.330 e. The first-order valence-electron chi connectivity index (χ1n) is 6.44. The van der Waals surface area contributed by atoms with Crippen LogP contribution in [-0.2, 0) is 0 Å². The molecule has 0 amide bonds. The van der Waals surface area contributed by atoms with Crippen LogP contribution in [0, 0.1) is 5.92 Å². The summed E-state index contributed by atoms with van der Waals surface area (Å²) in [6, 6.07) is 0.342. The van der Waals surface area contributed by atoms with Crippen molar-refractivity contribution in [1.29, 1.82) is 0 Å². The van der Waals surface area contributed by atoms with Gasteiger partial charge in [0.05, 0.1) is 0 Å². The average molecular weight is 224 g/mol. The number of nitrogens with two attached hydrogens (primary N) is 2. The highest BCUT2D eigenvalue weighted by Crippen LogP contribution is 2.06. The topological polar surface area (TPSA) is 52.0 Å². The molecule has 0 aromatic carbocycles. The lowest BCUT2D eigenvalue weighted by Crippen LogP contribution is -2.25. The predicted octanol–water partition coefficient (Wildman–Crippen LogP) is 2.99. The van der Waals surface area contributed by atoms with Crippen molar-refractivity contribution in [2.45, 2.75) is 52.0 Å². The summed E-state index contributed by atoms with van der Waals surface area (Å²) >= 11 is 0. The monoisotopic (exact) mass is 224 g/mol. The lowest BCUT2D eigenvalue weighted by molar-refractivity contribution is 0.467. The Morgan fingerprint density at radius 2 is 1.38 bits per heavy atom. The van der Waals surface area contributed by atoms with Crippen molar-refractivity contribution in [3.63, 3.8) is 0 Å². The van der Waals surface area contributed by atoms with E-state index in [9.17, 15) is 0 Å². The van der Waals surface area contributed by atoms with E-state index in [0.29, 0.717) is 12.0 Å². The second-order valence-corrected chi connectivity index (χ2v) is 4.58. The van der Waals surface area contributed by atoms with E-state index in [0.717, 1.165) is 38.6 Å². The molecule has 0 aromatic rings. The largest absolute Gasteiger partial charge is 0.330 e. The van der Waals surface area contributed by atoms with Crippen LogP contribution in [-0.4, -0.2) is 12.6 Å². The molecule has 1 atom stereocenters. The van der Waals surface area contributed by atoms with Crippen LogP contribution in [0.1, 0.15) is 46.0 Å². The zero-order valence-corrected chi connectivity index (χ0v) is 10.9. The van der Waals surface area contributed by atoms with Crippen molar-refractivity contribution in [1.82, 2.24) is 0 Å². The fraction of sp³-hybridized carbons (Fsp3) is 0.714. The predicted molar refractivity (Wildman–Crippen MR) is 73.2 cm³/mol. The lowest BCUT2D eigenvalue weighted by atomic mass is 10.0. The summed E-state index contributed by atoms with van der Waals surface area (Å²) in [5.74, 6) is 0.590. The van der Waals surface area contributed by atoms with Crippen LogP contribution in [0.25, 0.3) is 0 Å². The molecular formula is C14H28N2. The molecule has 2 heteroatoms. The van der Waals surface area contributed by atoms with Gasteiger partial charge in [-0.1, -0.05) is 38.2 Å². The van der Waals surface area contributed by atoms with Gasteiger partial charge < -0.3 is 11.5 Å². The van der Waals surface area contributed by atoms with Gasteiger partial charge >= 0.3 is 0 Å². The molecule has 0 bridgehead atoms. The van der Waals surface area contributed by atoms with Crippen LogP contribution >= 0.6 is 0 Å². The van der Waals surface area contributed by atoms with E-state index >= 15 is 0 Å². The third kappa shape index (κ3) is 9.94. The first-order valence-corrected chi connectivity index (χ1v) is 6.44. The molecule has 0 fully saturated rings. The van der Waals surface area contributed by atoms with Gasteiger partial charge in [0.25, 0.3) is 0 Å². The van der Waals surface area contributed by atoms with Gasteiger partial charge in [0.1, 0.15) is 0 Å². The molecule has 94 valence electrons. The SMILES string of the molecule is CC(C)C(N)CCC=CCCC=CCCN. The van der Waals surface area contributed by atoms with Crippen LogP contribution < -0.4 is 11.5 Å². The second kappa shape index (κ2) is 10.9. The normalized spacial score (nSPS) is 14.3. The first kappa shape index (κ1) is 15.4. The second-order valence-electron chi connectivity index (χ2n) is 4.58. The number of allylic oxidation sites excluding steroid dienone is 3. The Labute approximate surface area is 101 Å². The van der Waals surface area contributed by atoms with Crippen LogP contribution in [0.5, 0.6) is 0 Å². The Morgan fingerprint density at radius 1 is 0.875 bits per heavy atom. The Morgan fingerprint density at radius 3 is 1.88 bits per heavy atom. The van der Waals surface area contributed by atoms with E-state index in [-0.39, 0.29) is 0 Å². The van der Waals surface area contributed by atoms with Crippen molar-refractivity contribution < 1.29 is 0 Å². The molecule has 0 aliphatic rings. The van der Waals surface area contributed by atoms with Gasteiger partial charge in [-0.25, -0.2) is 0 Å². The van der Waals surface area contributed by atoms with Gasteiger partial charge in [-0.3, -0.25) is 0 Å². The van der Waals surface area contributed by atoms with Crippen molar-refractivity contribution in [3.05, 3.63) is 24.3 Å². The van der Waals surface area contributed by atoms with Crippen molar-refractivity contribution >= 4 is 0 Å². The van der Waals surface area contributed by atoms with E-state index < -0.39 is 0 Å². The van der Waals surface area contributed by atoms with Crippen LogP contribution in [0.2, 0.25) is 0 Å². The fourth-order valence-corrected chi connectivity index (χ4v) is 1.38. The van der Waals surface area contributed by atoms with E-state index in [1.54, 1.807) is 0 Å². The number of hydrogen-bond donors (Lipinski definition) is 2. The van der Waals surface area contributed by atoms with Gasteiger partial charge in [0.2, 0.25) is 0 Å². The Bertz CT molecular complexity index is 195. The zero-order valence-electron chi connectivity index (χ0n) is 10.9. The molecule has 0 aromatic heterocycles. The molecule has 0 aliphatic carbocycles. The van der Waals surface area contributed by atoms with Gasteiger partial charge in [-0.15, -0.1) is 0 Å². The average Bonchev–Trinajstić information content (AvgIpc) is 2.26. The molecule has 0 saturated heterocycles. The van der Waals surface area contributed by atoms with Crippen molar-refractivity contribution in [2.24, 2.45) is 17.4 Å². The van der Waals surface area contributed by atoms with E-state index in [4.69, 9.17) is 11.5 Å². The summed E-state index contributed by atoms with van der Waals surface area (Å²) in [7, 11) is 0. The summed E-state index contributed by atoms with van der Waals surface area (Å²) < 4.78 is 0. The molecule has 0 spiro atoms. The molecule has 1 unspecified atom stereocenters. The quantitative estimate of drug-likeness (QED) is 0.467. The maximum Gasteiger partial charge on any atom is 0.00648 e. The maximum atomic E-state index is 5.96. The van der Waals surface area contributed by atoms with Crippen LogP contribution in [0.15, 0.2) is 24.3 Å². The lowest BCUT2D eigenvalue weighted by Gasteiger charge is -2.13. The van der Waals surface area contributed by atoms with Gasteiger partial charge in [0.15, 0.2) is 0 Å². The van der Waals surface area contributed by atoms with E-state index in [2.05, 4.69) is 38.2 Å². The van der Waals surface area contributed by atoms with Crippen molar-refractivity contribution in [3.8, 4) is 0 Å². The molecule has 0 saturated carbocycles. The molecule has 0 radical (unpaired) electrons. The summed E-state index contributed by atoms with van der Waals surface area (Å²) in [6.45, 7) is 5.10. The fourth-order valence-electron chi connectivity index (χ4n) is 1.38. The van der Waals surface area contributed by atoms with Gasteiger partial charge in [-0.2, -0.15) is 0 Å². The smallest absolute Gasteiger partial charge is 0.00648 e. The molecule has 4 N–H and O–H groups in total. The highest BCUT2D eigenvalue weighted by molar-refractivity contribution is 4.88. The Balaban J connectivity index is 3.35. The molecule has 2 nitrogen and oxygen atoms in total. The number of unbranched alkanes of at least 4 members (excludes halogenated alkanes) is 1. The van der Waals surface area contributed by atoms with Gasteiger partial charge in [-0.05, 0) is 44.6 Å². The third-order valence-electron chi connectivity index (χ3n) is 2.69. The highest BCUT2D eigenvalue weighted by Gasteiger charge is 2.04. The zero-order chi connectivity index (χ0) is 12.2. The minimum atomic E-state index is 0.342.